The number of aromatic nitrogens is 6. The van der Waals surface area contributed by atoms with Crippen molar-refractivity contribution in [1.29, 1.82) is 0 Å². The van der Waals surface area contributed by atoms with E-state index in [9.17, 15) is 0 Å². The van der Waals surface area contributed by atoms with E-state index in [4.69, 9.17) is 24.4 Å². The van der Waals surface area contributed by atoms with Gasteiger partial charge in [-0.25, -0.2) is 9.97 Å². The van der Waals surface area contributed by atoms with Gasteiger partial charge in [0.25, 0.3) is 0 Å². The summed E-state index contributed by atoms with van der Waals surface area (Å²) < 4.78 is 10.8. The van der Waals surface area contributed by atoms with Crippen molar-refractivity contribution in [2.45, 2.75) is 12.8 Å². The van der Waals surface area contributed by atoms with Crippen LogP contribution in [-0.4, -0.2) is 29.1 Å². The Bertz CT molecular complexity index is 3820. The van der Waals surface area contributed by atoms with E-state index in [-0.39, 0.29) is 0 Å². The lowest BCUT2D eigenvalue weighted by Crippen LogP contribution is -2.07. The summed E-state index contributed by atoms with van der Waals surface area (Å²) in [5.74, 6) is 2.36. The monoisotopic (exact) mass is 808 g/mol. The Morgan fingerprint density at radius 3 is 1.78 bits per heavy atom. The molecular formula is C56H36N6O. The topological polar surface area (TPSA) is 74.6 Å². The summed E-state index contributed by atoms with van der Waals surface area (Å²) in [7, 11) is 0. The van der Waals surface area contributed by atoms with Gasteiger partial charge >= 0.3 is 0 Å². The van der Waals surface area contributed by atoms with Crippen LogP contribution in [0.4, 0.5) is 0 Å². The van der Waals surface area contributed by atoms with Gasteiger partial charge in [-0.05, 0) is 89.3 Å². The van der Waals surface area contributed by atoms with Crippen LogP contribution in [0, 0.1) is 0 Å². The van der Waals surface area contributed by atoms with E-state index in [2.05, 4.69) is 161 Å². The number of hydrogen-bond acceptors (Lipinski definition) is 5. The summed E-state index contributed by atoms with van der Waals surface area (Å²) in [4.78, 5) is 20.9. The molecule has 0 amide bonds. The van der Waals surface area contributed by atoms with Crippen molar-refractivity contribution in [3.8, 4) is 45.9 Å². The van der Waals surface area contributed by atoms with E-state index < -0.39 is 0 Å². The third-order valence-corrected chi connectivity index (χ3v) is 12.5. The van der Waals surface area contributed by atoms with Crippen LogP contribution in [0.5, 0.6) is 0 Å². The van der Waals surface area contributed by atoms with E-state index in [1.165, 1.54) is 16.5 Å². The molecule has 0 spiro atoms. The summed E-state index contributed by atoms with van der Waals surface area (Å²) in [6.45, 7) is 0. The van der Waals surface area contributed by atoms with Gasteiger partial charge in [-0.2, -0.15) is 9.97 Å². The van der Waals surface area contributed by atoms with Gasteiger partial charge in [-0.15, -0.1) is 0 Å². The van der Waals surface area contributed by atoms with Crippen LogP contribution in [0.3, 0.4) is 0 Å². The Balaban J connectivity index is 1.09. The molecule has 0 radical (unpaired) electrons. The molecule has 0 atom stereocenters. The fourth-order valence-corrected chi connectivity index (χ4v) is 9.59. The molecule has 8 aromatic carbocycles. The average Bonchev–Trinajstić information content (AvgIpc) is 4.05. The molecule has 0 aliphatic heterocycles. The first-order valence-corrected chi connectivity index (χ1v) is 21.4. The first kappa shape index (κ1) is 35.3. The fourth-order valence-electron chi connectivity index (χ4n) is 9.59. The van der Waals surface area contributed by atoms with Crippen molar-refractivity contribution in [3.05, 3.63) is 200 Å². The predicted octanol–water partition coefficient (Wildman–Crippen LogP) is 14.1. The van der Waals surface area contributed by atoms with E-state index in [0.717, 1.165) is 95.3 Å². The molecule has 0 saturated carbocycles. The Labute approximate surface area is 361 Å². The molecule has 13 rings (SSSR count). The van der Waals surface area contributed by atoms with E-state index in [0.29, 0.717) is 23.5 Å². The molecule has 0 fully saturated rings. The number of hydrogen-bond donors (Lipinski definition) is 0. The zero-order valence-corrected chi connectivity index (χ0v) is 34.0. The Kier molecular flexibility index (Phi) is 7.90. The molecule has 12 aromatic rings. The molecule has 0 N–H and O–H groups in total. The average molecular weight is 809 g/mol. The quantitative estimate of drug-likeness (QED) is 0.167. The molecule has 0 saturated heterocycles. The predicted molar refractivity (Wildman–Crippen MR) is 256 cm³/mol. The number of para-hydroxylation sites is 4. The summed E-state index contributed by atoms with van der Waals surface area (Å²) in [5, 5.41) is 6.78. The van der Waals surface area contributed by atoms with Gasteiger partial charge in [0.15, 0.2) is 17.2 Å². The molecule has 296 valence electrons. The summed E-state index contributed by atoms with van der Waals surface area (Å²) >= 11 is 0. The molecule has 4 heterocycles. The summed E-state index contributed by atoms with van der Waals surface area (Å²) in [5.41, 5.74) is 12.0. The smallest absolute Gasteiger partial charge is 0.238 e. The van der Waals surface area contributed by atoms with Gasteiger partial charge < -0.3 is 8.98 Å². The number of nitrogens with zero attached hydrogens (tertiary/aromatic N) is 6. The highest BCUT2D eigenvalue weighted by molar-refractivity contribution is 6.23. The lowest BCUT2D eigenvalue weighted by Gasteiger charge is -2.15. The maximum atomic E-state index is 6.18. The van der Waals surface area contributed by atoms with Gasteiger partial charge in [0.05, 0.1) is 22.1 Å². The largest absolute Gasteiger partial charge is 0.436 e. The van der Waals surface area contributed by atoms with Crippen LogP contribution >= 0.6 is 0 Å². The third kappa shape index (κ3) is 5.60. The van der Waals surface area contributed by atoms with Crippen LogP contribution in [0.15, 0.2) is 199 Å². The second-order valence-corrected chi connectivity index (χ2v) is 16.1. The molecular weight excluding hydrogens is 773 g/mol. The van der Waals surface area contributed by atoms with Gasteiger partial charge in [-0.1, -0.05) is 140 Å². The molecule has 7 heteroatoms. The van der Waals surface area contributed by atoms with Crippen molar-refractivity contribution in [2.75, 3.05) is 0 Å². The second kappa shape index (κ2) is 14.1. The van der Waals surface area contributed by atoms with Crippen molar-refractivity contribution >= 4 is 71.1 Å². The lowest BCUT2D eigenvalue weighted by molar-refractivity contribution is 0.620. The van der Waals surface area contributed by atoms with Gasteiger partial charge in [-0.3, -0.25) is 4.57 Å². The first-order valence-electron chi connectivity index (χ1n) is 21.4. The van der Waals surface area contributed by atoms with Crippen LogP contribution in [0.25, 0.3) is 117 Å². The maximum Gasteiger partial charge on any atom is 0.238 e. The SMILES string of the molecule is C1=CC(c2ccc(-c3nc(-c4ccccc4)nc(-n4c5ccccc5c5ccc6c7ccccc7n(-c7ccc(-c8nc9ccccc9o8)cc7)c6c54)n3)c3ccccc23)=CCC1. The third-order valence-electron chi connectivity index (χ3n) is 12.5. The van der Waals surface area contributed by atoms with Gasteiger partial charge in [0, 0.05) is 43.9 Å². The lowest BCUT2D eigenvalue weighted by atomic mass is 9.92. The molecule has 4 aromatic heterocycles. The highest BCUT2D eigenvalue weighted by Gasteiger charge is 2.24. The molecule has 1 aliphatic carbocycles. The summed E-state index contributed by atoms with van der Waals surface area (Å²) in [6, 6.07) is 61.3. The van der Waals surface area contributed by atoms with E-state index >= 15 is 0 Å². The van der Waals surface area contributed by atoms with Gasteiger partial charge in [0.1, 0.15) is 5.52 Å². The number of benzene rings is 8. The maximum absolute atomic E-state index is 6.18. The highest BCUT2D eigenvalue weighted by atomic mass is 16.3. The van der Waals surface area contributed by atoms with Crippen molar-refractivity contribution in [1.82, 2.24) is 29.1 Å². The fraction of sp³-hybridized carbons (Fsp3) is 0.0357. The van der Waals surface area contributed by atoms with E-state index in [1.54, 1.807) is 0 Å². The minimum Gasteiger partial charge on any atom is -0.436 e. The highest BCUT2D eigenvalue weighted by Crippen LogP contribution is 2.42. The van der Waals surface area contributed by atoms with Crippen LogP contribution in [0.1, 0.15) is 18.4 Å². The van der Waals surface area contributed by atoms with Gasteiger partial charge in [0.2, 0.25) is 11.8 Å². The number of fused-ring (bicyclic) bond motifs is 9. The van der Waals surface area contributed by atoms with Crippen LogP contribution < -0.4 is 0 Å². The number of rotatable bonds is 6. The van der Waals surface area contributed by atoms with Crippen molar-refractivity contribution in [2.24, 2.45) is 0 Å². The number of allylic oxidation sites excluding steroid dienone is 4. The molecule has 0 unspecified atom stereocenters. The molecule has 63 heavy (non-hydrogen) atoms. The minimum absolute atomic E-state index is 0.548. The first-order chi connectivity index (χ1) is 31.2. The normalized spacial score (nSPS) is 13.0. The van der Waals surface area contributed by atoms with Crippen LogP contribution in [0.2, 0.25) is 0 Å². The Hall–Kier alpha value is -8.42. The molecule has 0 bridgehead atoms. The standard InChI is InChI=1S/C56H36N6O/c1-3-15-35(16-4-1)39-31-34-46(41-20-8-7-19-40(39)41)54-58-53(36-17-5-2-6-18-36)59-56(60-54)62-49-25-13-10-22-43(49)45-33-32-44-42-21-9-12-24-48(42)61(51(44)52(45)62)38-29-27-37(28-30-38)55-57-47-23-11-14-26-50(47)63-55/h2-3,5-34H,1,4H2. The van der Waals surface area contributed by atoms with E-state index in [1.807, 2.05) is 42.5 Å². The Morgan fingerprint density at radius 2 is 1.05 bits per heavy atom. The summed E-state index contributed by atoms with van der Waals surface area (Å²) in [6.07, 6.45) is 8.95. The zero-order valence-electron chi connectivity index (χ0n) is 34.0. The Morgan fingerprint density at radius 1 is 0.429 bits per heavy atom. The molecule has 7 nitrogen and oxygen atoms in total. The second-order valence-electron chi connectivity index (χ2n) is 16.1. The van der Waals surface area contributed by atoms with Crippen molar-refractivity contribution in [3.63, 3.8) is 0 Å². The van der Waals surface area contributed by atoms with Crippen molar-refractivity contribution < 1.29 is 4.42 Å². The van der Waals surface area contributed by atoms with Crippen LogP contribution in [-0.2, 0) is 0 Å². The zero-order chi connectivity index (χ0) is 41.4. The minimum atomic E-state index is 0.548. The molecule has 1 aliphatic rings. The number of oxazole rings is 1.